The number of hydrogen-bond acceptors (Lipinski definition) is 5. The Morgan fingerprint density at radius 1 is 1.24 bits per heavy atom. The minimum atomic E-state index is -0.0251. The van der Waals surface area contributed by atoms with E-state index in [0.717, 1.165) is 0 Å². The van der Waals surface area contributed by atoms with Crippen LogP contribution in [0.5, 0.6) is 0 Å². The van der Waals surface area contributed by atoms with E-state index in [1.54, 1.807) is 26.2 Å². The Morgan fingerprint density at radius 3 is 2.29 bits per heavy atom. The molecule has 1 fully saturated rings. The van der Waals surface area contributed by atoms with Crippen LogP contribution in [0.1, 0.15) is 0 Å². The van der Waals surface area contributed by atoms with Gasteiger partial charge < -0.3 is 24.4 Å². The lowest BCUT2D eigenvalue weighted by Crippen LogP contribution is -2.38. The predicted octanol–water partition coefficient (Wildman–Crippen LogP) is -0.905. The van der Waals surface area contributed by atoms with Gasteiger partial charge >= 0.3 is 0 Å². The van der Waals surface area contributed by atoms with Gasteiger partial charge in [0.15, 0.2) is 0 Å². The summed E-state index contributed by atoms with van der Waals surface area (Å²) in [5.74, 6) is 0.0719. The minimum absolute atomic E-state index is 0.0251. The molecule has 0 spiro atoms. The molecule has 1 aliphatic heterocycles. The van der Waals surface area contributed by atoms with Gasteiger partial charge in [0.2, 0.25) is 5.91 Å². The first kappa shape index (κ1) is 14.4. The SMILES string of the molecule is COCCNCC(=O)N1CC(OC)C(OC)C1. The van der Waals surface area contributed by atoms with Crippen LogP contribution in [0.3, 0.4) is 0 Å². The summed E-state index contributed by atoms with van der Waals surface area (Å²) in [7, 11) is 4.92. The first-order valence-corrected chi connectivity index (χ1v) is 5.76. The van der Waals surface area contributed by atoms with E-state index in [9.17, 15) is 4.79 Å². The van der Waals surface area contributed by atoms with Crippen molar-refractivity contribution in [3.63, 3.8) is 0 Å². The summed E-state index contributed by atoms with van der Waals surface area (Å²) in [5, 5.41) is 3.03. The molecule has 1 heterocycles. The zero-order valence-corrected chi connectivity index (χ0v) is 10.8. The molecule has 0 radical (unpaired) electrons. The molecule has 0 aliphatic carbocycles. The zero-order valence-electron chi connectivity index (χ0n) is 10.8. The Morgan fingerprint density at radius 2 is 1.82 bits per heavy atom. The summed E-state index contributed by atoms with van der Waals surface area (Å²) in [6.45, 7) is 2.81. The van der Waals surface area contributed by atoms with Crippen LogP contribution in [0.2, 0.25) is 0 Å². The molecule has 17 heavy (non-hydrogen) atoms. The van der Waals surface area contributed by atoms with Crippen molar-refractivity contribution in [1.82, 2.24) is 10.2 Å². The molecule has 1 aliphatic rings. The standard InChI is InChI=1S/C11H22N2O4/c1-15-5-4-12-6-11(14)13-7-9(16-2)10(8-13)17-3/h9-10,12H,4-8H2,1-3H3. The van der Waals surface area contributed by atoms with Gasteiger partial charge in [0, 0.05) is 41.0 Å². The van der Waals surface area contributed by atoms with E-state index >= 15 is 0 Å². The van der Waals surface area contributed by atoms with Crippen molar-refractivity contribution in [2.45, 2.75) is 12.2 Å². The number of amides is 1. The molecule has 100 valence electrons. The summed E-state index contributed by atoms with van der Waals surface area (Å²) in [6.07, 6.45) is -0.0501. The third-order valence-corrected chi connectivity index (χ3v) is 2.93. The van der Waals surface area contributed by atoms with E-state index in [2.05, 4.69) is 5.32 Å². The van der Waals surface area contributed by atoms with Crippen molar-refractivity contribution in [2.75, 3.05) is 54.1 Å². The van der Waals surface area contributed by atoms with E-state index in [4.69, 9.17) is 14.2 Å². The van der Waals surface area contributed by atoms with Gasteiger partial charge in [-0.25, -0.2) is 0 Å². The van der Waals surface area contributed by atoms with Crippen LogP contribution in [-0.4, -0.2) is 77.1 Å². The molecule has 0 saturated carbocycles. The Labute approximate surface area is 102 Å². The summed E-state index contributed by atoms with van der Waals surface area (Å²) in [6, 6.07) is 0. The molecule has 1 rings (SSSR count). The smallest absolute Gasteiger partial charge is 0.236 e. The fraction of sp³-hybridized carbons (Fsp3) is 0.909. The summed E-state index contributed by atoms with van der Waals surface area (Å²) in [5.41, 5.74) is 0. The Kier molecular flexibility index (Phi) is 6.43. The molecule has 0 aromatic heterocycles. The van der Waals surface area contributed by atoms with E-state index in [1.807, 2.05) is 0 Å². The van der Waals surface area contributed by atoms with E-state index < -0.39 is 0 Å². The number of likely N-dealkylation sites (tertiary alicyclic amines) is 1. The van der Waals surface area contributed by atoms with E-state index in [0.29, 0.717) is 32.8 Å². The van der Waals surface area contributed by atoms with Crippen molar-refractivity contribution in [3.05, 3.63) is 0 Å². The van der Waals surface area contributed by atoms with Gasteiger partial charge in [-0.1, -0.05) is 0 Å². The van der Waals surface area contributed by atoms with Crippen LogP contribution in [0.4, 0.5) is 0 Å². The van der Waals surface area contributed by atoms with Crippen LogP contribution < -0.4 is 5.32 Å². The first-order valence-electron chi connectivity index (χ1n) is 5.76. The lowest BCUT2D eigenvalue weighted by molar-refractivity contribution is -0.129. The number of hydrogen-bond donors (Lipinski definition) is 1. The lowest BCUT2D eigenvalue weighted by Gasteiger charge is -2.15. The van der Waals surface area contributed by atoms with Gasteiger partial charge in [-0.05, 0) is 0 Å². The zero-order chi connectivity index (χ0) is 12.7. The van der Waals surface area contributed by atoms with Crippen molar-refractivity contribution >= 4 is 5.91 Å². The Hall–Kier alpha value is -0.690. The molecule has 6 heteroatoms. The number of rotatable bonds is 7. The number of nitrogens with one attached hydrogen (secondary N) is 1. The van der Waals surface area contributed by atoms with Crippen LogP contribution >= 0.6 is 0 Å². The second kappa shape index (κ2) is 7.60. The second-order valence-corrected chi connectivity index (χ2v) is 4.02. The monoisotopic (exact) mass is 246 g/mol. The predicted molar refractivity (Wildman–Crippen MR) is 62.9 cm³/mol. The Bertz CT molecular complexity index is 226. The van der Waals surface area contributed by atoms with Gasteiger partial charge in [-0.2, -0.15) is 0 Å². The average molecular weight is 246 g/mol. The molecule has 1 amide bonds. The summed E-state index contributed by atoms with van der Waals surface area (Å²) >= 11 is 0. The van der Waals surface area contributed by atoms with Crippen molar-refractivity contribution in [1.29, 1.82) is 0 Å². The molecule has 6 nitrogen and oxygen atoms in total. The minimum Gasteiger partial charge on any atom is -0.383 e. The maximum atomic E-state index is 11.8. The first-order chi connectivity index (χ1) is 8.22. The quantitative estimate of drug-likeness (QED) is 0.590. The largest absolute Gasteiger partial charge is 0.383 e. The second-order valence-electron chi connectivity index (χ2n) is 4.02. The average Bonchev–Trinajstić information content (AvgIpc) is 2.77. The molecule has 2 atom stereocenters. The van der Waals surface area contributed by atoms with Gasteiger partial charge in [-0.15, -0.1) is 0 Å². The highest BCUT2D eigenvalue weighted by Crippen LogP contribution is 2.15. The van der Waals surface area contributed by atoms with E-state index in [1.165, 1.54) is 0 Å². The third-order valence-electron chi connectivity index (χ3n) is 2.93. The molecule has 0 aromatic rings. The number of ether oxygens (including phenoxy) is 3. The lowest BCUT2D eigenvalue weighted by atomic mass is 10.3. The van der Waals surface area contributed by atoms with Gasteiger partial charge in [0.05, 0.1) is 13.2 Å². The third kappa shape index (κ3) is 4.23. The summed E-state index contributed by atoms with van der Waals surface area (Å²) < 4.78 is 15.4. The fourth-order valence-electron chi connectivity index (χ4n) is 1.88. The molecule has 1 N–H and O–H groups in total. The summed E-state index contributed by atoms with van der Waals surface area (Å²) in [4.78, 5) is 13.6. The molecular formula is C11H22N2O4. The Balaban J connectivity index is 2.28. The van der Waals surface area contributed by atoms with Crippen LogP contribution in [-0.2, 0) is 19.0 Å². The molecular weight excluding hydrogens is 224 g/mol. The van der Waals surface area contributed by atoms with Crippen LogP contribution in [0.25, 0.3) is 0 Å². The maximum absolute atomic E-state index is 11.8. The van der Waals surface area contributed by atoms with Crippen LogP contribution in [0.15, 0.2) is 0 Å². The van der Waals surface area contributed by atoms with Crippen molar-refractivity contribution < 1.29 is 19.0 Å². The maximum Gasteiger partial charge on any atom is 0.236 e. The fourth-order valence-corrected chi connectivity index (χ4v) is 1.88. The van der Waals surface area contributed by atoms with Crippen LogP contribution in [0, 0.1) is 0 Å². The number of methoxy groups -OCH3 is 3. The normalized spacial score (nSPS) is 24.3. The number of carbonyl (C=O) groups is 1. The highest BCUT2D eigenvalue weighted by molar-refractivity contribution is 5.78. The highest BCUT2D eigenvalue weighted by atomic mass is 16.5. The molecule has 2 unspecified atom stereocenters. The van der Waals surface area contributed by atoms with Gasteiger partial charge in [0.25, 0.3) is 0 Å². The number of nitrogens with zero attached hydrogens (tertiary/aromatic N) is 1. The van der Waals surface area contributed by atoms with Gasteiger partial charge in [-0.3, -0.25) is 4.79 Å². The van der Waals surface area contributed by atoms with Crippen molar-refractivity contribution in [3.8, 4) is 0 Å². The molecule has 0 bridgehead atoms. The number of carbonyl (C=O) groups excluding carboxylic acids is 1. The topological polar surface area (TPSA) is 60.0 Å². The van der Waals surface area contributed by atoms with Crippen molar-refractivity contribution in [2.24, 2.45) is 0 Å². The molecule has 0 aromatic carbocycles. The van der Waals surface area contributed by atoms with Gasteiger partial charge in [0.1, 0.15) is 12.2 Å². The molecule has 1 saturated heterocycles. The van der Waals surface area contributed by atoms with E-state index in [-0.39, 0.29) is 18.1 Å². The highest BCUT2D eigenvalue weighted by Gasteiger charge is 2.35.